The van der Waals surface area contributed by atoms with Crippen LogP contribution in [0.5, 0.6) is 0 Å². The third-order valence-corrected chi connectivity index (χ3v) is 10.7. The molecule has 0 spiro atoms. The van der Waals surface area contributed by atoms with Crippen LogP contribution in [0.25, 0.3) is 88.0 Å². The highest BCUT2D eigenvalue weighted by molar-refractivity contribution is 6.24. The summed E-state index contributed by atoms with van der Waals surface area (Å²) in [6, 6.07) is 57.6. The summed E-state index contributed by atoms with van der Waals surface area (Å²) in [5.74, 6) is 1.01. The number of para-hydroxylation sites is 1. The zero-order valence-electron chi connectivity index (χ0n) is 26.9. The highest BCUT2D eigenvalue weighted by Gasteiger charge is 2.40. The van der Waals surface area contributed by atoms with E-state index in [0.29, 0.717) is 0 Å². The van der Waals surface area contributed by atoms with Gasteiger partial charge < -0.3 is 4.42 Å². The average molecular weight is 613 g/mol. The van der Waals surface area contributed by atoms with E-state index in [9.17, 15) is 0 Å². The zero-order valence-corrected chi connectivity index (χ0v) is 26.9. The quantitative estimate of drug-likeness (QED) is 0.181. The maximum absolute atomic E-state index is 6.50. The highest BCUT2D eigenvalue weighted by Crippen LogP contribution is 2.54. The van der Waals surface area contributed by atoms with Crippen LogP contribution in [0.2, 0.25) is 0 Å². The average Bonchev–Trinajstić information content (AvgIpc) is 3.63. The second kappa shape index (κ2) is 10.0. The minimum Gasteiger partial charge on any atom is -0.456 e. The maximum Gasteiger partial charge on any atom is 0.139 e. The van der Waals surface area contributed by atoms with Crippen molar-refractivity contribution in [1.29, 1.82) is 0 Å². The predicted octanol–water partition coefficient (Wildman–Crippen LogP) is 13.2. The molecule has 48 heavy (non-hydrogen) atoms. The van der Waals surface area contributed by atoms with E-state index in [4.69, 9.17) is 4.42 Å². The van der Waals surface area contributed by atoms with Gasteiger partial charge in [0, 0.05) is 21.9 Å². The summed E-state index contributed by atoms with van der Waals surface area (Å²) in [6.07, 6.45) is 0. The van der Waals surface area contributed by atoms with E-state index in [1.807, 2.05) is 0 Å². The fraction of sp³-hybridized carbons (Fsp3) is 0.0638. The van der Waals surface area contributed by atoms with Crippen LogP contribution in [-0.4, -0.2) is 0 Å². The van der Waals surface area contributed by atoms with Crippen molar-refractivity contribution in [2.24, 2.45) is 0 Å². The standard InChI is InChI=1S/C47H32O/c1-47(2)41-28-30(26-27-39(41)46-45(47)40-20-10-11-25-42(40)48-46)43-35-16-6-8-18-37(35)44(38-19-9-7-17-36(38)43)34-24-13-22-32-31(21-12-23-33(32)34)29-14-4-3-5-15-29/h3-28H,1-2H3. The third-order valence-electron chi connectivity index (χ3n) is 10.7. The lowest BCUT2D eigenvalue weighted by atomic mass is 9.79. The first-order valence-electron chi connectivity index (χ1n) is 16.8. The molecule has 10 rings (SSSR count). The van der Waals surface area contributed by atoms with Crippen LogP contribution in [0.15, 0.2) is 162 Å². The minimum atomic E-state index is -0.182. The first-order chi connectivity index (χ1) is 23.6. The van der Waals surface area contributed by atoms with Crippen LogP contribution in [0.4, 0.5) is 0 Å². The molecule has 1 heteroatoms. The number of hydrogen-bond acceptors (Lipinski definition) is 1. The lowest BCUT2D eigenvalue weighted by Crippen LogP contribution is -2.15. The summed E-state index contributed by atoms with van der Waals surface area (Å²) in [7, 11) is 0. The molecule has 0 atom stereocenters. The van der Waals surface area contributed by atoms with E-state index < -0.39 is 0 Å². The Labute approximate surface area is 279 Å². The smallest absolute Gasteiger partial charge is 0.139 e. The molecule has 8 aromatic carbocycles. The first-order valence-corrected chi connectivity index (χ1v) is 16.8. The van der Waals surface area contributed by atoms with Crippen LogP contribution < -0.4 is 0 Å². The molecule has 1 aliphatic rings. The Bertz CT molecular complexity index is 2690. The van der Waals surface area contributed by atoms with Gasteiger partial charge in [-0.25, -0.2) is 0 Å². The van der Waals surface area contributed by atoms with Crippen LogP contribution in [-0.2, 0) is 5.41 Å². The zero-order chi connectivity index (χ0) is 32.0. The summed E-state index contributed by atoms with van der Waals surface area (Å²) in [5, 5.41) is 8.80. The van der Waals surface area contributed by atoms with E-state index in [1.165, 1.54) is 87.8 Å². The van der Waals surface area contributed by atoms with Crippen LogP contribution in [0.1, 0.15) is 25.0 Å². The topological polar surface area (TPSA) is 13.1 Å². The van der Waals surface area contributed by atoms with Crippen LogP contribution >= 0.6 is 0 Å². The van der Waals surface area contributed by atoms with Crippen molar-refractivity contribution in [3.63, 3.8) is 0 Å². The van der Waals surface area contributed by atoms with E-state index in [2.05, 4.69) is 172 Å². The molecular weight excluding hydrogens is 581 g/mol. The molecule has 226 valence electrons. The first kappa shape index (κ1) is 27.2. The van der Waals surface area contributed by atoms with Gasteiger partial charge in [0.2, 0.25) is 0 Å². The molecule has 9 aromatic rings. The van der Waals surface area contributed by atoms with Crippen molar-refractivity contribution in [2.45, 2.75) is 19.3 Å². The molecule has 1 heterocycles. The van der Waals surface area contributed by atoms with E-state index >= 15 is 0 Å². The van der Waals surface area contributed by atoms with Crippen LogP contribution in [0.3, 0.4) is 0 Å². The summed E-state index contributed by atoms with van der Waals surface area (Å²) < 4.78 is 6.50. The fourth-order valence-corrected chi connectivity index (χ4v) is 8.53. The summed E-state index contributed by atoms with van der Waals surface area (Å²) >= 11 is 0. The van der Waals surface area contributed by atoms with Crippen molar-refractivity contribution >= 4 is 43.3 Å². The van der Waals surface area contributed by atoms with Gasteiger partial charge in [-0.2, -0.15) is 0 Å². The molecule has 1 aliphatic carbocycles. The SMILES string of the molecule is CC1(C)c2cc(-c3c4ccccc4c(-c4cccc5c(-c6ccccc6)cccc45)c4ccccc34)ccc2-c2oc3ccccc3c21. The Balaban J connectivity index is 1.24. The summed E-state index contributed by atoms with van der Waals surface area (Å²) in [5.41, 5.74) is 12.1. The fourth-order valence-electron chi connectivity index (χ4n) is 8.53. The number of hydrogen-bond donors (Lipinski definition) is 0. The molecule has 0 aliphatic heterocycles. The largest absolute Gasteiger partial charge is 0.456 e. The second-order valence-electron chi connectivity index (χ2n) is 13.6. The molecule has 0 fully saturated rings. The monoisotopic (exact) mass is 612 g/mol. The van der Waals surface area contributed by atoms with Crippen LogP contribution in [0, 0.1) is 0 Å². The van der Waals surface area contributed by atoms with Gasteiger partial charge in [-0.05, 0) is 83.4 Å². The molecular formula is C47H32O. The van der Waals surface area contributed by atoms with E-state index in [1.54, 1.807) is 0 Å². The molecule has 1 aromatic heterocycles. The number of rotatable bonds is 3. The third kappa shape index (κ3) is 3.73. The Morgan fingerprint density at radius 3 is 1.62 bits per heavy atom. The molecule has 0 saturated heterocycles. The van der Waals surface area contributed by atoms with Crippen molar-refractivity contribution in [3.8, 4) is 44.7 Å². The number of benzene rings is 8. The maximum atomic E-state index is 6.50. The minimum absolute atomic E-state index is 0.182. The van der Waals surface area contributed by atoms with Crippen molar-refractivity contribution < 1.29 is 4.42 Å². The normalized spacial score (nSPS) is 13.4. The van der Waals surface area contributed by atoms with E-state index in [-0.39, 0.29) is 5.41 Å². The Kier molecular flexibility index (Phi) is 5.69. The lowest BCUT2D eigenvalue weighted by Gasteiger charge is -2.23. The van der Waals surface area contributed by atoms with Gasteiger partial charge in [0.05, 0.1) is 0 Å². The molecule has 0 saturated carbocycles. The number of fused-ring (bicyclic) bond motifs is 8. The lowest BCUT2D eigenvalue weighted by molar-refractivity contribution is 0.619. The Hall–Kier alpha value is -5.92. The Morgan fingerprint density at radius 1 is 0.396 bits per heavy atom. The van der Waals surface area contributed by atoms with Gasteiger partial charge in [0.1, 0.15) is 11.3 Å². The molecule has 0 radical (unpaired) electrons. The van der Waals surface area contributed by atoms with E-state index in [0.717, 1.165) is 11.3 Å². The Morgan fingerprint density at radius 2 is 0.938 bits per heavy atom. The molecule has 0 N–H and O–H groups in total. The summed E-state index contributed by atoms with van der Waals surface area (Å²) in [6.45, 7) is 4.68. The molecule has 0 bridgehead atoms. The highest BCUT2D eigenvalue weighted by atomic mass is 16.3. The van der Waals surface area contributed by atoms with Gasteiger partial charge in [-0.15, -0.1) is 0 Å². The van der Waals surface area contributed by atoms with Crippen molar-refractivity contribution in [1.82, 2.24) is 0 Å². The predicted molar refractivity (Wildman–Crippen MR) is 203 cm³/mol. The molecule has 0 unspecified atom stereocenters. The molecule has 1 nitrogen and oxygen atoms in total. The van der Waals surface area contributed by atoms with Gasteiger partial charge in [-0.3, -0.25) is 0 Å². The summed E-state index contributed by atoms with van der Waals surface area (Å²) in [4.78, 5) is 0. The number of furan rings is 1. The van der Waals surface area contributed by atoms with Gasteiger partial charge in [-0.1, -0.05) is 159 Å². The van der Waals surface area contributed by atoms with Gasteiger partial charge >= 0.3 is 0 Å². The van der Waals surface area contributed by atoms with Crippen molar-refractivity contribution in [3.05, 3.63) is 169 Å². The van der Waals surface area contributed by atoms with Gasteiger partial charge in [0.15, 0.2) is 0 Å². The van der Waals surface area contributed by atoms with Gasteiger partial charge in [0.25, 0.3) is 0 Å². The van der Waals surface area contributed by atoms with Crippen molar-refractivity contribution in [2.75, 3.05) is 0 Å². The second-order valence-corrected chi connectivity index (χ2v) is 13.6. The molecule has 0 amide bonds.